The predicted molar refractivity (Wildman–Crippen MR) is 56.4 cm³/mol. The highest BCUT2D eigenvalue weighted by molar-refractivity contribution is 5.51. The average molecular weight is 189 g/mol. The Morgan fingerprint density at radius 3 is 2.36 bits per heavy atom. The SMILES string of the molecule is COc1cccc(C(C)(C)C)c1C#N. The molecule has 0 aliphatic carbocycles. The first-order valence-electron chi connectivity index (χ1n) is 4.58. The molecule has 2 heteroatoms. The lowest BCUT2D eigenvalue weighted by molar-refractivity contribution is 0.411. The second-order valence-electron chi connectivity index (χ2n) is 4.24. The van der Waals surface area contributed by atoms with Crippen LogP contribution in [0.25, 0.3) is 0 Å². The Labute approximate surface area is 85.1 Å². The zero-order valence-electron chi connectivity index (χ0n) is 9.09. The Hall–Kier alpha value is -1.49. The van der Waals surface area contributed by atoms with Crippen LogP contribution < -0.4 is 4.74 Å². The highest BCUT2D eigenvalue weighted by Crippen LogP contribution is 2.30. The number of nitrogens with zero attached hydrogens (tertiary/aromatic N) is 1. The third kappa shape index (κ3) is 1.88. The second-order valence-corrected chi connectivity index (χ2v) is 4.24. The highest BCUT2D eigenvalue weighted by atomic mass is 16.5. The van der Waals surface area contributed by atoms with E-state index in [2.05, 4.69) is 26.8 Å². The lowest BCUT2D eigenvalue weighted by Gasteiger charge is -2.21. The van der Waals surface area contributed by atoms with Crippen LogP contribution in [0.2, 0.25) is 0 Å². The molecule has 0 unspecified atom stereocenters. The molecule has 1 aromatic rings. The normalized spacial score (nSPS) is 10.8. The quantitative estimate of drug-likeness (QED) is 0.680. The molecular formula is C12H15NO. The van der Waals surface area contributed by atoms with E-state index >= 15 is 0 Å². The van der Waals surface area contributed by atoms with Crippen LogP contribution in [-0.2, 0) is 5.41 Å². The summed E-state index contributed by atoms with van der Waals surface area (Å²) in [5, 5.41) is 9.06. The zero-order valence-corrected chi connectivity index (χ0v) is 9.09. The molecule has 0 aliphatic rings. The predicted octanol–water partition coefficient (Wildman–Crippen LogP) is 2.86. The van der Waals surface area contributed by atoms with Gasteiger partial charge in [0, 0.05) is 0 Å². The maximum atomic E-state index is 9.06. The topological polar surface area (TPSA) is 33.0 Å². The van der Waals surface area contributed by atoms with E-state index in [0.717, 1.165) is 5.56 Å². The van der Waals surface area contributed by atoms with Crippen molar-refractivity contribution in [2.45, 2.75) is 26.2 Å². The minimum atomic E-state index is -0.0282. The van der Waals surface area contributed by atoms with E-state index < -0.39 is 0 Å². The maximum absolute atomic E-state index is 9.06. The number of rotatable bonds is 1. The number of hydrogen-bond donors (Lipinski definition) is 0. The lowest BCUT2D eigenvalue weighted by Crippen LogP contribution is -2.13. The van der Waals surface area contributed by atoms with Crippen LogP contribution in [0.5, 0.6) is 5.75 Å². The van der Waals surface area contributed by atoms with E-state index in [1.54, 1.807) is 7.11 Å². The van der Waals surface area contributed by atoms with Gasteiger partial charge in [0.1, 0.15) is 11.8 Å². The molecule has 0 fully saturated rings. The van der Waals surface area contributed by atoms with Crippen LogP contribution in [0.1, 0.15) is 31.9 Å². The number of ether oxygens (including phenoxy) is 1. The molecule has 0 spiro atoms. The van der Waals surface area contributed by atoms with E-state index in [4.69, 9.17) is 10.00 Å². The molecule has 0 saturated heterocycles. The second kappa shape index (κ2) is 3.71. The van der Waals surface area contributed by atoms with Crippen LogP contribution in [-0.4, -0.2) is 7.11 Å². The Kier molecular flexibility index (Phi) is 2.81. The summed E-state index contributed by atoms with van der Waals surface area (Å²) in [6.07, 6.45) is 0. The molecule has 0 saturated carbocycles. The van der Waals surface area contributed by atoms with Crippen molar-refractivity contribution >= 4 is 0 Å². The van der Waals surface area contributed by atoms with Crippen molar-refractivity contribution in [3.63, 3.8) is 0 Å². The van der Waals surface area contributed by atoms with E-state index in [0.29, 0.717) is 11.3 Å². The van der Waals surface area contributed by atoms with Crippen molar-refractivity contribution in [1.82, 2.24) is 0 Å². The molecular weight excluding hydrogens is 174 g/mol. The Bertz CT molecular complexity index is 369. The lowest BCUT2D eigenvalue weighted by atomic mass is 9.84. The first-order valence-corrected chi connectivity index (χ1v) is 4.58. The summed E-state index contributed by atoms with van der Waals surface area (Å²) in [6, 6.07) is 7.90. The molecule has 0 amide bonds. The summed E-state index contributed by atoms with van der Waals surface area (Å²) in [5.74, 6) is 0.653. The van der Waals surface area contributed by atoms with Crippen molar-refractivity contribution in [3.05, 3.63) is 29.3 Å². The average Bonchev–Trinajstić information content (AvgIpc) is 2.15. The monoisotopic (exact) mass is 189 g/mol. The minimum Gasteiger partial charge on any atom is -0.495 e. The van der Waals surface area contributed by atoms with Crippen LogP contribution in [0.4, 0.5) is 0 Å². The van der Waals surface area contributed by atoms with Crippen molar-refractivity contribution in [2.75, 3.05) is 7.11 Å². The summed E-state index contributed by atoms with van der Waals surface area (Å²) in [7, 11) is 1.59. The third-order valence-corrected chi connectivity index (χ3v) is 2.17. The van der Waals surface area contributed by atoms with Crippen LogP contribution in [0.15, 0.2) is 18.2 Å². The molecule has 0 bridgehead atoms. The van der Waals surface area contributed by atoms with Gasteiger partial charge in [-0.05, 0) is 17.0 Å². The van der Waals surface area contributed by atoms with Crippen LogP contribution in [0.3, 0.4) is 0 Å². The molecule has 1 rings (SSSR count). The summed E-state index contributed by atoms with van der Waals surface area (Å²) in [6.45, 7) is 6.26. The van der Waals surface area contributed by atoms with E-state index in [1.807, 2.05) is 18.2 Å². The molecule has 0 radical (unpaired) electrons. The van der Waals surface area contributed by atoms with Crippen LogP contribution in [0, 0.1) is 11.3 Å². The molecule has 0 aromatic heterocycles. The molecule has 0 N–H and O–H groups in total. The van der Waals surface area contributed by atoms with Crippen LogP contribution >= 0.6 is 0 Å². The fourth-order valence-electron chi connectivity index (χ4n) is 1.44. The molecule has 0 atom stereocenters. The number of nitriles is 1. The maximum Gasteiger partial charge on any atom is 0.136 e. The Balaban J connectivity index is 3.39. The summed E-state index contributed by atoms with van der Waals surface area (Å²) < 4.78 is 5.15. The van der Waals surface area contributed by atoms with E-state index in [1.165, 1.54) is 0 Å². The highest BCUT2D eigenvalue weighted by Gasteiger charge is 2.20. The smallest absolute Gasteiger partial charge is 0.136 e. The van der Waals surface area contributed by atoms with Crippen molar-refractivity contribution in [3.8, 4) is 11.8 Å². The van der Waals surface area contributed by atoms with Gasteiger partial charge in [0.2, 0.25) is 0 Å². The summed E-state index contributed by atoms with van der Waals surface area (Å²) in [4.78, 5) is 0. The van der Waals surface area contributed by atoms with E-state index in [-0.39, 0.29) is 5.41 Å². The first kappa shape index (κ1) is 10.6. The van der Waals surface area contributed by atoms with Gasteiger partial charge in [-0.2, -0.15) is 5.26 Å². The molecule has 0 aliphatic heterocycles. The molecule has 2 nitrogen and oxygen atoms in total. The van der Waals surface area contributed by atoms with Gasteiger partial charge in [0.05, 0.1) is 12.7 Å². The fourth-order valence-corrected chi connectivity index (χ4v) is 1.44. The third-order valence-electron chi connectivity index (χ3n) is 2.17. The zero-order chi connectivity index (χ0) is 10.8. The largest absolute Gasteiger partial charge is 0.495 e. The summed E-state index contributed by atoms with van der Waals surface area (Å²) >= 11 is 0. The number of methoxy groups -OCH3 is 1. The van der Waals surface area contributed by atoms with E-state index in [9.17, 15) is 0 Å². The molecule has 1 aromatic carbocycles. The van der Waals surface area contributed by atoms with Gasteiger partial charge in [-0.1, -0.05) is 32.9 Å². The Morgan fingerprint density at radius 1 is 1.29 bits per heavy atom. The van der Waals surface area contributed by atoms with Gasteiger partial charge in [0.15, 0.2) is 0 Å². The van der Waals surface area contributed by atoms with Gasteiger partial charge in [-0.3, -0.25) is 0 Å². The van der Waals surface area contributed by atoms with Gasteiger partial charge < -0.3 is 4.74 Å². The number of benzene rings is 1. The molecule has 0 heterocycles. The number of hydrogen-bond acceptors (Lipinski definition) is 2. The van der Waals surface area contributed by atoms with Crippen molar-refractivity contribution in [2.24, 2.45) is 0 Å². The van der Waals surface area contributed by atoms with Crippen molar-refractivity contribution in [1.29, 1.82) is 5.26 Å². The fraction of sp³-hybridized carbons (Fsp3) is 0.417. The Morgan fingerprint density at radius 2 is 1.93 bits per heavy atom. The summed E-state index contributed by atoms with van der Waals surface area (Å²) in [5.41, 5.74) is 1.64. The standard InChI is InChI=1S/C12H15NO/c1-12(2,3)10-6-5-7-11(14-4)9(10)8-13/h5-7H,1-4H3. The van der Waals surface area contributed by atoms with Gasteiger partial charge in [-0.15, -0.1) is 0 Å². The van der Waals surface area contributed by atoms with Gasteiger partial charge in [0.25, 0.3) is 0 Å². The molecule has 14 heavy (non-hydrogen) atoms. The minimum absolute atomic E-state index is 0.0282. The molecule has 74 valence electrons. The first-order chi connectivity index (χ1) is 6.50. The van der Waals surface area contributed by atoms with Crippen molar-refractivity contribution < 1.29 is 4.74 Å². The van der Waals surface area contributed by atoms with Gasteiger partial charge in [-0.25, -0.2) is 0 Å². The van der Waals surface area contributed by atoms with Gasteiger partial charge >= 0.3 is 0 Å².